The summed E-state index contributed by atoms with van der Waals surface area (Å²) < 4.78 is 10.4. The zero-order valence-electron chi connectivity index (χ0n) is 13.5. The van der Waals surface area contributed by atoms with Gasteiger partial charge in [-0.3, -0.25) is 9.59 Å². The van der Waals surface area contributed by atoms with Crippen LogP contribution >= 0.6 is 0 Å². The topological polar surface area (TPSA) is 114 Å². The predicted octanol–water partition coefficient (Wildman–Crippen LogP) is -2.72. The minimum Gasteiger partial charge on any atom is -0.394 e. The zero-order chi connectivity index (χ0) is 16.8. The summed E-state index contributed by atoms with van der Waals surface area (Å²) in [6.45, 7) is 3.63. The first-order valence-electron chi connectivity index (χ1n) is 7.45. The van der Waals surface area contributed by atoms with E-state index >= 15 is 0 Å². The number of aliphatic hydroxyl groups is 1. The standard InChI is InChI=1S/C13H28BN3O5/c1-11(19)8-17(13(20)2-3-16-14)9-12(15)10-22-7-6-21-5-4-18/h12,16,18H,2-10,14-15H2,1H3/t12-/m1/s1. The van der Waals surface area contributed by atoms with Crippen molar-refractivity contribution in [1.82, 2.24) is 10.1 Å². The molecule has 4 N–H and O–H groups in total. The van der Waals surface area contributed by atoms with Gasteiger partial charge in [-0.15, -0.1) is 0 Å². The molecule has 0 aliphatic rings. The summed E-state index contributed by atoms with van der Waals surface area (Å²) in [5.74, 6) is -0.186. The molecule has 0 aromatic carbocycles. The molecule has 0 spiro atoms. The Morgan fingerprint density at radius 3 is 2.59 bits per heavy atom. The van der Waals surface area contributed by atoms with Crippen LogP contribution in [0, 0.1) is 0 Å². The van der Waals surface area contributed by atoms with Gasteiger partial charge in [0.25, 0.3) is 0 Å². The van der Waals surface area contributed by atoms with E-state index < -0.39 is 0 Å². The number of carbonyl (C=O) groups is 2. The van der Waals surface area contributed by atoms with Crippen LogP contribution in [-0.4, -0.2) is 88.4 Å². The molecule has 0 aliphatic heterocycles. The molecule has 0 rings (SSSR count). The largest absolute Gasteiger partial charge is 0.394 e. The van der Waals surface area contributed by atoms with Gasteiger partial charge in [0.15, 0.2) is 7.98 Å². The Bertz CT molecular complexity index is 320. The van der Waals surface area contributed by atoms with Gasteiger partial charge in [-0.05, 0) is 13.5 Å². The number of nitrogens with two attached hydrogens (primary N) is 1. The van der Waals surface area contributed by atoms with Gasteiger partial charge in [0, 0.05) is 19.0 Å². The minimum absolute atomic E-state index is 0.0196. The van der Waals surface area contributed by atoms with E-state index in [-0.39, 0.29) is 50.6 Å². The Kier molecular flexibility index (Phi) is 13.0. The molecule has 9 heteroatoms. The monoisotopic (exact) mass is 317 g/mol. The van der Waals surface area contributed by atoms with E-state index in [0.29, 0.717) is 26.2 Å². The van der Waals surface area contributed by atoms with E-state index in [4.69, 9.17) is 20.3 Å². The normalized spacial score (nSPS) is 12.1. The molecule has 0 unspecified atom stereocenters. The number of ketones is 1. The fourth-order valence-corrected chi connectivity index (χ4v) is 1.77. The van der Waals surface area contributed by atoms with Crippen LogP contribution in [0.5, 0.6) is 0 Å². The van der Waals surface area contributed by atoms with Crippen LogP contribution in [0.2, 0.25) is 0 Å². The van der Waals surface area contributed by atoms with Crippen LogP contribution in [0.15, 0.2) is 0 Å². The van der Waals surface area contributed by atoms with Gasteiger partial charge in [-0.2, -0.15) is 0 Å². The Balaban J connectivity index is 4.06. The van der Waals surface area contributed by atoms with Crippen LogP contribution < -0.4 is 11.0 Å². The molecule has 8 nitrogen and oxygen atoms in total. The van der Waals surface area contributed by atoms with E-state index in [1.54, 1.807) is 7.98 Å². The van der Waals surface area contributed by atoms with Crippen molar-refractivity contribution in [3.63, 3.8) is 0 Å². The molecular formula is C13H28BN3O5. The van der Waals surface area contributed by atoms with Crippen molar-refractivity contribution in [2.24, 2.45) is 5.73 Å². The van der Waals surface area contributed by atoms with Crippen molar-refractivity contribution in [1.29, 1.82) is 0 Å². The van der Waals surface area contributed by atoms with Crippen molar-refractivity contribution >= 4 is 19.7 Å². The quantitative estimate of drug-likeness (QED) is 0.236. The molecule has 0 heterocycles. The van der Waals surface area contributed by atoms with Gasteiger partial charge in [0.05, 0.1) is 39.6 Å². The summed E-state index contributed by atoms with van der Waals surface area (Å²) in [6, 6.07) is -0.365. The number of amides is 1. The van der Waals surface area contributed by atoms with Crippen molar-refractivity contribution in [2.45, 2.75) is 19.4 Å². The Labute approximate surface area is 132 Å². The van der Waals surface area contributed by atoms with Crippen LogP contribution in [-0.2, 0) is 19.1 Å². The molecule has 0 aromatic heterocycles. The third-order valence-corrected chi connectivity index (χ3v) is 2.75. The van der Waals surface area contributed by atoms with Crippen molar-refractivity contribution in [3.8, 4) is 0 Å². The maximum Gasteiger partial charge on any atom is 0.224 e. The lowest BCUT2D eigenvalue weighted by Crippen LogP contribution is -2.45. The molecule has 0 saturated heterocycles. The third kappa shape index (κ3) is 11.6. The van der Waals surface area contributed by atoms with E-state index in [9.17, 15) is 9.59 Å². The Morgan fingerprint density at radius 1 is 1.32 bits per heavy atom. The number of hydrogen-bond acceptors (Lipinski definition) is 7. The van der Waals surface area contributed by atoms with E-state index in [2.05, 4.69) is 5.23 Å². The molecule has 0 bridgehead atoms. The first-order valence-corrected chi connectivity index (χ1v) is 7.45. The van der Waals surface area contributed by atoms with Gasteiger partial charge in [0.1, 0.15) is 5.78 Å². The second-order valence-corrected chi connectivity index (χ2v) is 5.00. The van der Waals surface area contributed by atoms with Crippen molar-refractivity contribution in [2.75, 3.05) is 52.7 Å². The highest BCUT2D eigenvalue weighted by Gasteiger charge is 2.18. The van der Waals surface area contributed by atoms with Crippen LogP contribution in [0.1, 0.15) is 13.3 Å². The van der Waals surface area contributed by atoms with Gasteiger partial charge < -0.3 is 30.4 Å². The average Bonchev–Trinajstić information content (AvgIpc) is 2.47. The number of rotatable bonds is 14. The zero-order valence-corrected chi connectivity index (χ0v) is 13.5. The number of nitrogens with one attached hydrogen (secondary N) is 1. The maximum absolute atomic E-state index is 12.0. The van der Waals surface area contributed by atoms with Gasteiger partial charge in [0.2, 0.25) is 5.91 Å². The fourth-order valence-electron chi connectivity index (χ4n) is 1.77. The molecule has 0 saturated carbocycles. The lowest BCUT2D eigenvalue weighted by Gasteiger charge is -2.25. The van der Waals surface area contributed by atoms with Gasteiger partial charge in [-0.1, -0.05) is 0 Å². The molecule has 1 atom stereocenters. The van der Waals surface area contributed by atoms with Crippen molar-refractivity contribution < 1.29 is 24.2 Å². The molecule has 128 valence electrons. The summed E-state index contributed by atoms with van der Waals surface area (Å²) in [5, 5.41) is 11.4. The fraction of sp³-hybridized carbons (Fsp3) is 0.846. The number of hydrogen-bond donors (Lipinski definition) is 3. The summed E-state index contributed by atoms with van der Waals surface area (Å²) in [7, 11) is 1.76. The average molecular weight is 317 g/mol. The van der Waals surface area contributed by atoms with E-state index in [1.807, 2.05) is 0 Å². The molecule has 0 radical (unpaired) electrons. The molecular weight excluding hydrogens is 289 g/mol. The number of nitrogens with zero attached hydrogens (tertiary/aromatic N) is 1. The summed E-state index contributed by atoms with van der Waals surface area (Å²) in [6.07, 6.45) is 0.326. The second-order valence-electron chi connectivity index (χ2n) is 5.00. The van der Waals surface area contributed by atoms with Crippen molar-refractivity contribution in [3.05, 3.63) is 0 Å². The SMILES string of the molecule is BNCCC(=O)N(CC(C)=O)C[C@@H](N)COCCOCCO. The van der Waals surface area contributed by atoms with Gasteiger partial charge in [-0.25, -0.2) is 0 Å². The van der Waals surface area contributed by atoms with Gasteiger partial charge >= 0.3 is 0 Å². The lowest BCUT2D eigenvalue weighted by atomic mass is 10.2. The maximum atomic E-state index is 12.0. The molecule has 0 aliphatic carbocycles. The van der Waals surface area contributed by atoms with E-state index in [1.165, 1.54) is 11.8 Å². The lowest BCUT2D eigenvalue weighted by molar-refractivity contribution is -0.135. The smallest absolute Gasteiger partial charge is 0.224 e. The third-order valence-electron chi connectivity index (χ3n) is 2.75. The first kappa shape index (κ1) is 21.0. The highest BCUT2D eigenvalue weighted by atomic mass is 16.5. The summed E-state index contributed by atoms with van der Waals surface area (Å²) in [4.78, 5) is 24.7. The molecule has 1 amide bonds. The number of ether oxygens (including phenoxy) is 2. The first-order chi connectivity index (χ1) is 10.5. The Hall–Kier alpha value is -0.995. The second kappa shape index (κ2) is 13.7. The molecule has 22 heavy (non-hydrogen) atoms. The number of aliphatic hydroxyl groups excluding tert-OH is 1. The number of carbonyl (C=O) groups excluding carboxylic acids is 2. The predicted molar refractivity (Wildman–Crippen MR) is 85.1 cm³/mol. The summed E-state index contributed by atoms with van der Waals surface area (Å²) in [5.41, 5.74) is 5.93. The molecule has 0 aromatic rings. The minimum atomic E-state index is -0.365. The highest BCUT2D eigenvalue weighted by molar-refractivity contribution is 6.04. The van der Waals surface area contributed by atoms with Crippen LogP contribution in [0.25, 0.3) is 0 Å². The summed E-state index contributed by atoms with van der Waals surface area (Å²) >= 11 is 0. The molecule has 0 fully saturated rings. The van der Waals surface area contributed by atoms with Crippen LogP contribution in [0.4, 0.5) is 0 Å². The van der Waals surface area contributed by atoms with E-state index in [0.717, 1.165) is 0 Å². The number of Topliss-reactive ketones (excluding diaryl/α,β-unsaturated/α-hetero) is 1. The highest BCUT2D eigenvalue weighted by Crippen LogP contribution is 1.98. The van der Waals surface area contributed by atoms with Crippen LogP contribution in [0.3, 0.4) is 0 Å². The Morgan fingerprint density at radius 2 is 2.00 bits per heavy atom.